The topological polar surface area (TPSA) is 122 Å². The van der Waals surface area contributed by atoms with E-state index in [1.165, 1.54) is 0 Å². The number of aryl methyl sites for hydroxylation is 2. The molecule has 0 saturated heterocycles. The molecule has 3 aromatic heterocycles. The molecule has 8 nitrogen and oxygen atoms in total. The molecule has 0 aliphatic rings. The third kappa shape index (κ3) is 2.63. The number of fused-ring (bicyclic) bond motifs is 2. The Morgan fingerprint density at radius 3 is 2.26 bits per heavy atom. The number of aromatic nitrogens is 5. The average molecular weight is 404 g/mol. The highest BCUT2D eigenvalue weighted by Crippen LogP contribution is 2.38. The number of anilines is 1. The first-order valence-corrected chi connectivity index (χ1v) is 9.54. The van der Waals surface area contributed by atoms with Crippen molar-refractivity contribution in [1.29, 1.82) is 10.5 Å². The van der Waals surface area contributed by atoms with Gasteiger partial charge in [-0.25, -0.2) is 15.0 Å². The molecule has 0 saturated carbocycles. The summed E-state index contributed by atoms with van der Waals surface area (Å²) in [4.78, 5) is 13.7. The molecule has 0 aliphatic carbocycles. The highest BCUT2D eigenvalue weighted by Gasteiger charge is 2.25. The van der Waals surface area contributed by atoms with Crippen LogP contribution >= 0.6 is 0 Å². The zero-order chi connectivity index (χ0) is 21.7. The number of nitrogens with zero attached hydrogens (tertiary/aromatic N) is 7. The zero-order valence-electron chi connectivity index (χ0n) is 16.8. The number of nitrogen functional groups attached to an aromatic ring is 1. The minimum absolute atomic E-state index is 0.0441. The number of rotatable bonds is 2. The van der Waals surface area contributed by atoms with Gasteiger partial charge in [0.05, 0.1) is 16.6 Å². The molecule has 0 radical (unpaired) electrons. The maximum atomic E-state index is 9.50. The summed E-state index contributed by atoms with van der Waals surface area (Å²) in [6.07, 6.45) is 0. The average Bonchev–Trinajstić information content (AvgIpc) is 3.26. The van der Waals surface area contributed by atoms with Crippen LogP contribution in [0.4, 0.5) is 5.82 Å². The minimum atomic E-state index is -0.0453. The van der Waals surface area contributed by atoms with Crippen molar-refractivity contribution in [1.82, 2.24) is 24.1 Å². The van der Waals surface area contributed by atoms with Gasteiger partial charge in [0, 0.05) is 12.7 Å². The van der Waals surface area contributed by atoms with Crippen LogP contribution in [0.25, 0.3) is 39.3 Å². The van der Waals surface area contributed by atoms with Gasteiger partial charge in [0.25, 0.3) is 0 Å². The number of para-hydroxylation sites is 2. The van der Waals surface area contributed by atoms with Gasteiger partial charge in [-0.1, -0.05) is 29.8 Å². The second-order valence-corrected chi connectivity index (χ2v) is 7.23. The number of nitrogens with two attached hydrogens (primary N) is 1. The van der Waals surface area contributed by atoms with Crippen LogP contribution in [0.15, 0.2) is 48.5 Å². The van der Waals surface area contributed by atoms with Crippen LogP contribution in [-0.4, -0.2) is 24.1 Å². The lowest BCUT2D eigenvalue weighted by atomic mass is 10.2. The third-order valence-electron chi connectivity index (χ3n) is 5.34. The number of imidazole rings is 1. The quantitative estimate of drug-likeness (QED) is 0.479. The van der Waals surface area contributed by atoms with Crippen LogP contribution in [0.5, 0.6) is 0 Å². The van der Waals surface area contributed by atoms with E-state index in [0.29, 0.717) is 28.4 Å². The normalized spacial score (nSPS) is 11.0. The van der Waals surface area contributed by atoms with E-state index in [1.54, 1.807) is 4.57 Å². The Balaban J connectivity index is 1.94. The molecule has 2 N–H and O–H groups in total. The van der Waals surface area contributed by atoms with E-state index in [4.69, 9.17) is 10.7 Å². The van der Waals surface area contributed by atoms with E-state index in [-0.39, 0.29) is 11.4 Å². The smallest absolute Gasteiger partial charge is 0.179 e. The molecule has 8 heteroatoms. The molecule has 0 bridgehead atoms. The van der Waals surface area contributed by atoms with Crippen molar-refractivity contribution in [3.8, 4) is 29.2 Å². The van der Waals surface area contributed by atoms with Crippen LogP contribution < -0.4 is 5.73 Å². The van der Waals surface area contributed by atoms with Gasteiger partial charge in [-0.15, -0.1) is 0 Å². The molecule has 5 rings (SSSR count). The predicted octanol–water partition coefficient (Wildman–Crippen LogP) is 3.61. The molecule has 0 atom stereocenters. The standard InChI is InChI=1S/C23H16N8/c1-13-7-9-14(10-8-13)31-21(26)19(20-23(31)29-17(12-25)16(11-24)27-20)22-28-15-5-3-4-6-18(15)30(22)2/h3-10H,26H2,1-2H3. The van der Waals surface area contributed by atoms with Crippen molar-refractivity contribution in [2.75, 3.05) is 5.73 Å². The first kappa shape index (κ1) is 18.3. The molecule has 0 spiro atoms. The second kappa shape index (κ2) is 6.68. The Hall–Kier alpha value is -4.69. The van der Waals surface area contributed by atoms with Crippen molar-refractivity contribution in [2.45, 2.75) is 6.92 Å². The zero-order valence-corrected chi connectivity index (χ0v) is 16.8. The van der Waals surface area contributed by atoms with Gasteiger partial charge in [0.1, 0.15) is 29.3 Å². The lowest BCUT2D eigenvalue weighted by Gasteiger charge is -2.08. The summed E-state index contributed by atoms with van der Waals surface area (Å²) in [5.74, 6) is 0.994. The first-order valence-electron chi connectivity index (χ1n) is 9.54. The third-order valence-corrected chi connectivity index (χ3v) is 5.34. The molecule has 3 heterocycles. The van der Waals surface area contributed by atoms with Crippen molar-refractivity contribution in [3.05, 3.63) is 65.5 Å². The molecule has 31 heavy (non-hydrogen) atoms. The van der Waals surface area contributed by atoms with E-state index in [2.05, 4.69) is 9.97 Å². The maximum Gasteiger partial charge on any atom is 0.179 e. The summed E-state index contributed by atoms with van der Waals surface area (Å²) in [7, 11) is 1.90. The molecule has 0 unspecified atom stereocenters. The molecule has 148 valence electrons. The van der Waals surface area contributed by atoms with Crippen LogP contribution in [0, 0.1) is 29.6 Å². The second-order valence-electron chi connectivity index (χ2n) is 7.23. The van der Waals surface area contributed by atoms with E-state index >= 15 is 0 Å². The van der Waals surface area contributed by atoms with Crippen molar-refractivity contribution >= 4 is 28.0 Å². The highest BCUT2D eigenvalue weighted by molar-refractivity contribution is 6.00. The van der Waals surface area contributed by atoms with Crippen molar-refractivity contribution in [3.63, 3.8) is 0 Å². The van der Waals surface area contributed by atoms with Gasteiger partial charge >= 0.3 is 0 Å². The largest absolute Gasteiger partial charge is 0.384 e. The Morgan fingerprint density at radius 2 is 1.58 bits per heavy atom. The van der Waals surface area contributed by atoms with Crippen LogP contribution in [0.1, 0.15) is 17.0 Å². The molecule has 0 amide bonds. The lowest BCUT2D eigenvalue weighted by Crippen LogP contribution is -2.03. The Morgan fingerprint density at radius 1 is 0.903 bits per heavy atom. The predicted molar refractivity (Wildman–Crippen MR) is 117 cm³/mol. The molecule has 5 aromatic rings. The summed E-state index contributed by atoms with van der Waals surface area (Å²) >= 11 is 0. The van der Waals surface area contributed by atoms with Gasteiger partial charge in [0.2, 0.25) is 0 Å². The summed E-state index contributed by atoms with van der Waals surface area (Å²) < 4.78 is 3.68. The van der Waals surface area contributed by atoms with E-state index < -0.39 is 0 Å². The summed E-state index contributed by atoms with van der Waals surface area (Å²) in [6, 6.07) is 19.5. The van der Waals surface area contributed by atoms with Crippen LogP contribution in [-0.2, 0) is 7.05 Å². The van der Waals surface area contributed by atoms with E-state index in [9.17, 15) is 10.5 Å². The summed E-state index contributed by atoms with van der Waals surface area (Å²) in [5.41, 5.74) is 11.6. The van der Waals surface area contributed by atoms with Gasteiger partial charge in [-0.2, -0.15) is 10.5 Å². The molecule has 0 aliphatic heterocycles. The molecular weight excluding hydrogens is 388 g/mol. The number of hydrogen-bond donors (Lipinski definition) is 1. The van der Waals surface area contributed by atoms with Crippen molar-refractivity contribution in [2.24, 2.45) is 7.05 Å². The Labute approximate surface area is 177 Å². The number of benzene rings is 2. The number of nitriles is 2. The van der Waals surface area contributed by atoms with Crippen LogP contribution in [0.3, 0.4) is 0 Å². The number of hydrogen-bond acceptors (Lipinski definition) is 6. The van der Waals surface area contributed by atoms with E-state index in [0.717, 1.165) is 22.3 Å². The SMILES string of the molecule is Cc1ccc(-n2c(N)c(-c3nc4ccccc4n3C)c3nc(C#N)c(C#N)nc32)cc1. The minimum Gasteiger partial charge on any atom is -0.384 e. The highest BCUT2D eigenvalue weighted by atomic mass is 15.1. The fraction of sp³-hybridized carbons (Fsp3) is 0.0870. The molecular formula is C23H16N8. The fourth-order valence-electron chi connectivity index (χ4n) is 3.80. The van der Waals surface area contributed by atoms with Crippen molar-refractivity contribution < 1.29 is 0 Å². The Bertz CT molecular complexity index is 1570. The summed E-state index contributed by atoms with van der Waals surface area (Å²) in [6.45, 7) is 2.00. The van der Waals surface area contributed by atoms with Gasteiger partial charge in [-0.3, -0.25) is 4.57 Å². The van der Waals surface area contributed by atoms with E-state index in [1.807, 2.05) is 79.2 Å². The summed E-state index contributed by atoms with van der Waals surface area (Å²) in [5, 5.41) is 19.0. The first-order chi connectivity index (χ1) is 15.0. The molecule has 2 aromatic carbocycles. The van der Waals surface area contributed by atoms with Gasteiger partial charge in [0.15, 0.2) is 17.0 Å². The van der Waals surface area contributed by atoms with Crippen LogP contribution in [0.2, 0.25) is 0 Å². The Kier molecular flexibility index (Phi) is 3.95. The molecule has 0 fully saturated rings. The maximum absolute atomic E-state index is 9.50. The van der Waals surface area contributed by atoms with Gasteiger partial charge < -0.3 is 10.3 Å². The monoisotopic (exact) mass is 404 g/mol. The lowest BCUT2D eigenvalue weighted by molar-refractivity contribution is 0.959. The fourth-order valence-corrected chi connectivity index (χ4v) is 3.80. The van der Waals surface area contributed by atoms with Gasteiger partial charge in [-0.05, 0) is 31.2 Å².